The Labute approximate surface area is 97.5 Å². The Balaban J connectivity index is 2.30. The van der Waals surface area contributed by atoms with E-state index in [1.54, 1.807) is 0 Å². The van der Waals surface area contributed by atoms with Crippen LogP contribution >= 0.6 is 0 Å². The highest BCUT2D eigenvalue weighted by Crippen LogP contribution is 2.34. The molecule has 1 N–H and O–H groups in total. The molecule has 0 amide bonds. The van der Waals surface area contributed by atoms with E-state index in [4.69, 9.17) is 0 Å². The third kappa shape index (κ3) is 1.98. The van der Waals surface area contributed by atoms with Gasteiger partial charge in [-0.2, -0.15) is 0 Å². The van der Waals surface area contributed by atoms with Crippen LogP contribution in [0.3, 0.4) is 0 Å². The van der Waals surface area contributed by atoms with Crippen molar-refractivity contribution in [1.82, 2.24) is 20.1 Å². The second kappa shape index (κ2) is 4.95. The summed E-state index contributed by atoms with van der Waals surface area (Å²) in [5.74, 6) is 1.18. The Hall–Kier alpha value is -0.900. The molecule has 1 aliphatic heterocycles. The molecule has 1 aromatic rings. The van der Waals surface area contributed by atoms with Gasteiger partial charge in [0.15, 0.2) is 0 Å². The van der Waals surface area contributed by atoms with Crippen molar-refractivity contribution in [2.45, 2.75) is 51.5 Å². The number of aryl methyl sites for hydroxylation is 1. The molecular formula is C12H22N4. The van der Waals surface area contributed by atoms with Crippen LogP contribution < -0.4 is 5.32 Å². The van der Waals surface area contributed by atoms with Crippen LogP contribution in [-0.2, 0) is 12.0 Å². The first-order valence-corrected chi connectivity index (χ1v) is 6.41. The zero-order chi connectivity index (χ0) is 11.4. The van der Waals surface area contributed by atoms with Gasteiger partial charge >= 0.3 is 0 Å². The van der Waals surface area contributed by atoms with Crippen molar-refractivity contribution < 1.29 is 0 Å². The van der Waals surface area contributed by atoms with Crippen LogP contribution in [-0.4, -0.2) is 27.9 Å². The molecule has 4 nitrogen and oxygen atoms in total. The third-order valence-corrected chi connectivity index (χ3v) is 3.63. The highest BCUT2D eigenvalue weighted by atomic mass is 15.3. The van der Waals surface area contributed by atoms with E-state index in [0.717, 1.165) is 19.6 Å². The molecule has 1 saturated heterocycles. The highest BCUT2D eigenvalue weighted by Gasteiger charge is 2.37. The highest BCUT2D eigenvalue weighted by molar-refractivity contribution is 5.11. The minimum absolute atomic E-state index is 0.222. The lowest BCUT2D eigenvalue weighted by atomic mass is 9.76. The smallest absolute Gasteiger partial charge is 0.140 e. The van der Waals surface area contributed by atoms with Gasteiger partial charge in [0.2, 0.25) is 0 Å². The maximum atomic E-state index is 4.37. The topological polar surface area (TPSA) is 42.7 Å². The van der Waals surface area contributed by atoms with Gasteiger partial charge < -0.3 is 9.88 Å². The Kier molecular flexibility index (Phi) is 3.59. The van der Waals surface area contributed by atoms with Gasteiger partial charge in [0, 0.05) is 18.5 Å². The number of aromatic nitrogens is 3. The predicted molar refractivity (Wildman–Crippen MR) is 64.4 cm³/mol. The van der Waals surface area contributed by atoms with E-state index in [0.29, 0.717) is 0 Å². The summed E-state index contributed by atoms with van der Waals surface area (Å²) in [6.45, 7) is 7.57. The molecule has 4 heteroatoms. The molecule has 1 atom stereocenters. The molecule has 0 bridgehead atoms. The fourth-order valence-electron chi connectivity index (χ4n) is 2.86. The molecule has 1 unspecified atom stereocenters. The molecule has 0 saturated carbocycles. The molecule has 2 heterocycles. The lowest BCUT2D eigenvalue weighted by Crippen LogP contribution is -2.45. The van der Waals surface area contributed by atoms with E-state index in [9.17, 15) is 0 Å². The van der Waals surface area contributed by atoms with Crippen LogP contribution in [0.1, 0.15) is 45.4 Å². The summed E-state index contributed by atoms with van der Waals surface area (Å²) in [5, 5.41) is 12.0. The molecule has 1 fully saturated rings. The van der Waals surface area contributed by atoms with Crippen LogP contribution in [0.5, 0.6) is 0 Å². The minimum Gasteiger partial charge on any atom is -0.317 e. The fourth-order valence-corrected chi connectivity index (χ4v) is 2.86. The van der Waals surface area contributed by atoms with Gasteiger partial charge in [-0.3, -0.25) is 0 Å². The summed E-state index contributed by atoms with van der Waals surface area (Å²) in [6.07, 6.45) is 6.77. The minimum atomic E-state index is 0.222. The van der Waals surface area contributed by atoms with E-state index in [2.05, 4.69) is 33.9 Å². The molecule has 0 radical (unpaired) electrons. The molecule has 16 heavy (non-hydrogen) atoms. The number of piperidine rings is 1. The van der Waals surface area contributed by atoms with Crippen LogP contribution in [0.15, 0.2) is 6.33 Å². The number of nitrogens with one attached hydrogen (secondary N) is 1. The lowest BCUT2D eigenvalue weighted by molar-refractivity contribution is 0.267. The maximum absolute atomic E-state index is 4.37. The van der Waals surface area contributed by atoms with Crippen LogP contribution in [0.2, 0.25) is 0 Å². The van der Waals surface area contributed by atoms with Crippen molar-refractivity contribution in [1.29, 1.82) is 0 Å². The van der Waals surface area contributed by atoms with E-state index >= 15 is 0 Å². The summed E-state index contributed by atoms with van der Waals surface area (Å²) in [5.41, 5.74) is 0.222. The number of hydrogen-bond donors (Lipinski definition) is 1. The fraction of sp³-hybridized carbons (Fsp3) is 0.833. The van der Waals surface area contributed by atoms with Gasteiger partial charge in [0.25, 0.3) is 0 Å². The van der Waals surface area contributed by atoms with Crippen molar-refractivity contribution in [3.05, 3.63) is 12.2 Å². The zero-order valence-corrected chi connectivity index (χ0v) is 10.4. The van der Waals surface area contributed by atoms with Crippen LogP contribution in [0.4, 0.5) is 0 Å². The molecule has 90 valence electrons. The first kappa shape index (κ1) is 11.6. The SMILES string of the molecule is CCCC1(c2nncn2CC)CCCNC1. The molecular weight excluding hydrogens is 200 g/mol. The summed E-state index contributed by atoms with van der Waals surface area (Å²) in [4.78, 5) is 0. The van der Waals surface area contributed by atoms with Gasteiger partial charge in [-0.05, 0) is 32.7 Å². The molecule has 1 aliphatic rings. The molecule has 1 aromatic heterocycles. The van der Waals surface area contributed by atoms with Gasteiger partial charge in [0.05, 0.1) is 0 Å². The maximum Gasteiger partial charge on any atom is 0.140 e. The average molecular weight is 222 g/mol. The van der Waals surface area contributed by atoms with Gasteiger partial charge in [-0.1, -0.05) is 13.3 Å². The summed E-state index contributed by atoms with van der Waals surface area (Å²) < 4.78 is 2.20. The monoisotopic (exact) mass is 222 g/mol. The summed E-state index contributed by atoms with van der Waals surface area (Å²) in [7, 11) is 0. The van der Waals surface area contributed by atoms with Gasteiger partial charge in [-0.25, -0.2) is 0 Å². The summed E-state index contributed by atoms with van der Waals surface area (Å²) >= 11 is 0. The van der Waals surface area contributed by atoms with Crippen molar-refractivity contribution >= 4 is 0 Å². The van der Waals surface area contributed by atoms with E-state index in [-0.39, 0.29) is 5.41 Å². The van der Waals surface area contributed by atoms with Crippen LogP contribution in [0.25, 0.3) is 0 Å². The standard InChI is InChI=1S/C12H22N4/c1-3-6-12(7-5-8-13-9-12)11-15-14-10-16(11)4-2/h10,13H,3-9H2,1-2H3. The first-order chi connectivity index (χ1) is 7.82. The van der Waals surface area contributed by atoms with Crippen LogP contribution in [0, 0.1) is 0 Å². The van der Waals surface area contributed by atoms with E-state index in [1.807, 2.05) is 6.33 Å². The van der Waals surface area contributed by atoms with E-state index < -0.39 is 0 Å². The first-order valence-electron chi connectivity index (χ1n) is 6.41. The Morgan fingerprint density at radius 3 is 3.00 bits per heavy atom. The molecule has 2 rings (SSSR count). The zero-order valence-electron chi connectivity index (χ0n) is 10.4. The molecule has 0 spiro atoms. The molecule has 0 aliphatic carbocycles. The molecule has 0 aromatic carbocycles. The largest absolute Gasteiger partial charge is 0.317 e. The predicted octanol–water partition coefficient (Wildman–Crippen LogP) is 1.72. The third-order valence-electron chi connectivity index (χ3n) is 3.63. The second-order valence-electron chi connectivity index (χ2n) is 4.75. The number of rotatable bonds is 4. The lowest BCUT2D eigenvalue weighted by Gasteiger charge is -2.36. The van der Waals surface area contributed by atoms with Crippen molar-refractivity contribution in [2.24, 2.45) is 0 Å². The Morgan fingerprint density at radius 1 is 1.50 bits per heavy atom. The normalized spacial score (nSPS) is 25.9. The van der Waals surface area contributed by atoms with Crippen molar-refractivity contribution in [3.8, 4) is 0 Å². The van der Waals surface area contributed by atoms with Crippen molar-refractivity contribution in [2.75, 3.05) is 13.1 Å². The average Bonchev–Trinajstić information content (AvgIpc) is 2.79. The van der Waals surface area contributed by atoms with Gasteiger partial charge in [-0.15, -0.1) is 10.2 Å². The quantitative estimate of drug-likeness (QED) is 0.843. The number of nitrogens with zero attached hydrogens (tertiary/aromatic N) is 3. The van der Waals surface area contributed by atoms with Gasteiger partial charge in [0.1, 0.15) is 12.2 Å². The Morgan fingerprint density at radius 2 is 2.38 bits per heavy atom. The van der Waals surface area contributed by atoms with Crippen molar-refractivity contribution in [3.63, 3.8) is 0 Å². The number of hydrogen-bond acceptors (Lipinski definition) is 3. The summed E-state index contributed by atoms with van der Waals surface area (Å²) in [6, 6.07) is 0. The van der Waals surface area contributed by atoms with E-state index in [1.165, 1.54) is 31.5 Å². The Bertz CT molecular complexity index is 320. The second-order valence-corrected chi connectivity index (χ2v) is 4.75.